The van der Waals surface area contributed by atoms with Crippen molar-refractivity contribution in [2.45, 2.75) is 40.5 Å². The first-order valence-corrected chi connectivity index (χ1v) is 10.9. The van der Waals surface area contributed by atoms with Crippen molar-refractivity contribution in [2.75, 3.05) is 32.1 Å². The van der Waals surface area contributed by atoms with E-state index in [0.29, 0.717) is 24.3 Å². The van der Waals surface area contributed by atoms with E-state index in [-0.39, 0.29) is 11.3 Å². The molecule has 132 valence electrons. The highest BCUT2D eigenvalue weighted by Crippen LogP contribution is 2.60. The van der Waals surface area contributed by atoms with Crippen molar-refractivity contribution in [3.05, 3.63) is 11.6 Å². The minimum absolute atomic E-state index is 0.0762. The number of hydrogen-bond donors (Lipinski definition) is 0. The predicted octanol–water partition coefficient (Wildman–Crippen LogP) is 3.19. The van der Waals surface area contributed by atoms with E-state index in [1.807, 2.05) is 4.90 Å². The van der Waals surface area contributed by atoms with Crippen LogP contribution in [0.4, 0.5) is 0 Å². The summed E-state index contributed by atoms with van der Waals surface area (Å²) < 4.78 is 16.0. The second-order valence-electron chi connectivity index (χ2n) is 8.35. The quantitative estimate of drug-likeness (QED) is 0.738. The lowest BCUT2D eigenvalue weighted by molar-refractivity contribution is -0.135. The number of rotatable bonds is 4. The van der Waals surface area contributed by atoms with Crippen LogP contribution in [0.3, 0.4) is 0 Å². The molecule has 0 aromatic rings. The topological polar surface area (TPSA) is 49.7 Å². The molecule has 1 amide bonds. The number of carbonyl (C=O) groups is 1. The standard InChI is InChI=1S/C18H32N2O2S/c1-13(2)10-15-16(18(15,3)4)17(21)20-9-7-8-14(12-20)11-19-23(5,6)22/h10,14-16H,7-9,11-12H2,1-6H3. The van der Waals surface area contributed by atoms with Crippen LogP contribution in [0.1, 0.15) is 40.5 Å². The van der Waals surface area contributed by atoms with Crippen molar-refractivity contribution in [2.24, 2.45) is 27.5 Å². The van der Waals surface area contributed by atoms with Crippen molar-refractivity contribution in [3.63, 3.8) is 0 Å². The van der Waals surface area contributed by atoms with Crippen LogP contribution in [0.15, 0.2) is 16.0 Å². The minimum Gasteiger partial charge on any atom is -0.342 e. The molecular weight excluding hydrogens is 308 g/mol. The second kappa shape index (κ2) is 6.58. The third-order valence-electron chi connectivity index (χ3n) is 5.16. The van der Waals surface area contributed by atoms with Crippen molar-refractivity contribution >= 4 is 15.6 Å². The lowest BCUT2D eigenvalue weighted by Gasteiger charge is -2.32. The smallest absolute Gasteiger partial charge is 0.226 e. The summed E-state index contributed by atoms with van der Waals surface area (Å²) in [5.74, 6) is 1.15. The molecule has 0 aromatic carbocycles. The summed E-state index contributed by atoms with van der Waals surface area (Å²) in [5, 5.41) is 0. The summed E-state index contributed by atoms with van der Waals surface area (Å²) in [7, 11) is -2.04. The molecule has 3 unspecified atom stereocenters. The van der Waals surface area contributed by atoms with Gasteiger partial charge < -0.3 is 4.90 Å². The van der Waals surface area contributed by atoms with Gasteiger partial charge in [0.15, 0.2) is 0 Å². The van der Waals surface area contributed by atoms with Gasteiger partial charge in [-0.2, -0.15) is 0 Å². The van der Waals surface area contributed by atoms with Crippen molar-refractivity contribution in [1.29, 1.82) is 0 Å². The molecule has 1 heterocycles. The summed E-state index contributed by atoms with van der Waals surface area (Å²) in [6, 6.07) is 0. The molecular formula is C18H32N2O2S. The molecule has 0 radical (unpaired) electrons. The Labute approximate surface area is 141 Å². The Bertz CT molecular complexity index is 603. The molecule has 1 saturated heterocycles. The van der Waals surface area contributed by atoms with Gasteiger partial charge in [0.1, 0.15) is 0 Å². The largest absolute Gasteiger partial charge is 0.342 e. The minimum atomic E-state index is -2.04. The fourth-order valence-electron chi connectivity index (χ4n) is 3.72. The molecule has 1 saturated carbocycles. The average molecular weight is 341 g/mol. The van der Waals surface area contributed by atoms with Gasteiger partial charge in [-0.05, 0) is 43.9 Å². The summed E-state index contributed by atoms with van der Waals surface area (Å²) in [4.78, 5) is 15.0. The number of carbonyl (C=O) groups excluding carboxylic acids is 1. The van der Waals surface area contributed by atoms with Gasteiger partial charge in [0.05, 0.1) is 12.5 Å². The van der Waals surface area contributed by atoms with E-state index in [2.05, 4.69) is 38.1 Å². The first-order valence-electron chi connectivity index (χ1n) is 8.59. The predicted molar refractivity (Wildman–Crippen MR) is 96.8 cm³/mol. The van der Waals surface area contributed by atoms with Crippen LogP contribution in [0.5, 0.6) is 0 Å². The third-order valence-corrected chi connectivity index (χ3v) is 5.93. The van der Waals surface area contributed by atoms with Crippen LogP contribution < -0.4 is 0 Å². The van der Waals surface area contributed by atoms with Crippen LogP contribution in [0, 0.1) is 23.2 Å². The van der Waals surface area contributed by atoms with E-state index in [1.165, 1.54) is 5.57 Å². The maximum Gasteiger partial charge on any atom is 0.226 e. The monoisotopic (exact) mass is 340 g/mol. The van der Waals surface area contributed by atoms with Crippen LogP contribution in [-0.4, -0.2) is 47.2 Å². The van der Waals surface area contributed by atoms with Crippen molar-refractivity contribution in [3.8, 4) is 0 Å². The third kappa shape index (κ3) is 4.59. The zero-order valence-corrected chi connectivity index (χ0v) is 16.3. The molecule has 2 rings (SSSR count). The van der Waals surface area contributed by atoms with Crippen molar-refractivity contribution < 1.29 is 9.00 Å². The highest BCUT2D eigenvalue weighted by molar-refractivity contribution is 7.92. The van der Waals surface area contributed by atoms with Gasteiger partial charge in [0.2, 0.25) is 5.91 Å². The maximum atomic E-state index is 12.9. The summed E-state index contributed by atoms with van der Waals surface area (Å²) in [6.07, 6.45) is 7.71. The normalized spacial score (nSPS) is 29.8. The Kier molecular flexibility index (Phi) is 5.29. The molecule has 0 bridgehead atoms. The molecule has 23 heavy (non-hydrogen) atoms. The van der Waals surface area contributed by atoms with E-state index in [0.717, 1.165) is 25.9 Å². The van der Waals surface area contributed by atoms with Crippen LogP contribution in [0.2, 0.25) is 0 Å². The van der Waals surface area contributed by atoms with Gasteiger partial charge in [-0.15, -0.1) is 0 Å². The Morgan fingerprint density at radius 2 is 2.00 bits per heavy atom. The van der Waals surface area contributed by atoms with Crippen LogP contribution in [-0.2, 0) is 14.5 Å². The van der Waals surface area contributed by atoms with Gasteiger partial charge in [-0.3, -0.25) is 9.00 Å². The van der Waals surface area contributed by atoms with Crippen molar-refractivity contribution in [1.82, 2.24) is 4.90 Å². The average Bonchev–Trinajstić information content (AvgIpc) is 2.95. The molecule has 5 heteroatoms. The molecule has 2 aliphatic rings. The molecule has 0 N–H and O–H groups in total. The zero-order chi connectivity index (χ0) is 17.4. The lowest BCUT2D eigenvalue weighted by atomic mass is 9.97. The fraction of sp³-hybridized carbons (Fsp3) is 0.833. The van der Waals surface area contributed by atoms with Gasteiger partial charge in [-0.1, -0.05) is 25.5 Å². The van der Waals surface area contributed by atoms with E-state index < -0.39 is 9.73 Å². The van der Waals surface area contributed by atoms with Gasteiger partial charge >= 0.3 is 0 Å². The van der Waals surface area contributed by atoms with E-state index >= 15 is 0 Å². The zero-order valence-electron chi connectivity index (χ0n) is 15.5. The second-order valence-corrected chi connectivity index (χ2v) is 11.0. The van der Waals surface area contributed by atoms with Gasteiger partial charge in [-0.25, -0.2) is 4.36 Å². The molecule has 1 aliphatic heterocycles. The van der Waals surface area contributed by atoms with Crippen LogP contribution >= 0.6 is 0 Å². The SMILES string of the molecule is CC(C)=CC1C(C(=O)N2CCCC(CN=S(C)(C)=O)C2)C1(C)C. The molecule has 4 nitrogen and oxygen atoms in total. The molecule has 2 fully saturated rings. The number of nitrogens with zero attached hydrogens (tertiary/aromatic N) is 2. The van der Waals surface area contributed by atoms with Gasteiger partial charge in [0.25, 0.3) is 0 Å². The summed E-state index contributed by atoms with van der Waals surface area (Å²) in [5.41, 5.74) is 1.36. The maximum absolute atomic E-state index is 12.9. The number of piperidine rings is 1. The highest BCUT2D eigenvalue weighted by atomic mass is 32.2. The summed E-state index contributed by atoms with van der Waals surface area (Å²) in [6.45, 7) is 10.8. The molecule has 1 aliphatic carbocycles. The number of amides is 1. The lowest BCUT2D eigenvalue weighted by Crippen LogP contribution is -2.42. The first-order chi connectivity index (χ1) is 10.5. The van der Waals surface area contributed by atoms with Crippen LogP contribution in [0.25, 0.3) is 0 Å². The summed E-state index contributed by atoms with van der Waals surface area (Å²) >= 11 is 0. The highest BCUT2D eigenvalue weighted by Gasteiger charge is 2.61. The number of allylic oxidation sites excluding steroid dienone is 2. The van der Waals surface area contributed by atoms with E-state index in [1.54, 1.807) is 12.5 Å². The first kappa shape index (κ1) is 18.5. The molecule has 0 spiro atoms. The Morgan fingerprint density at radius 1 is 1.35 bits per heavy atom. The van der Waals surface area contributed by atoms with Gasteiger partial charge in [0, 0.05) is 35.3 Å². The molecule has 3 atom stereocenters. The molecule has 0 aromatic heterocycles. The number of hydrogen-bond acceptors (Lipinski definition) is 3. The number of likely N-dealkylation sites (tertiary alicyclic amines) is 1. The Hall–Kier alpha value is -0.840. The Balaban J connectivity index is 2.01. The Morgan fingerprint density at radius 3 is 2.57 bits per heavy atom. The van der Waals surface area contributed by atoms with E-state index in [4.69, 9.17) is 0 Å². The fourth-order valence-corrected chi connectivity index (χ4v) is 4.29. The van der Waals surface area contributed by atoms with E-state index in [9.17, 15) is 9.00 Å².